The summed E-state index contributed by atoms with van der Waals surface area (Å²) in [7, 11) is 0. The van der Waals surface area contributed by atoms with Crippen LogP contribution in [-0.2, 0) is 0 Å². The van der Waals surface area contributed by atoms with Crippen molar-refractivity contribution >= 4 is 23.3 Å². The minimum absolute atomic E-state index is 0.448. The average molecular weight is 291 g/mol. The Hall–Kier alpha value is -0.900. The van der Waals surface area contributed by atoms with Crippen LogP contribution in [0.4, 0.5) is 11.5 Å². The smallest absolute Gasteiger partial charge is 0.128 e. The largest absolute Gasteiger partial charge is 0.380 e. The van der Waals surface area contributed by atoms with E-state index in [0.29, 0.717) is 11.5 Å². The standard InChI is InChI=1S/C16H25N3S/c1-16(2)9-14(11-20-12-16)18-13-5-6-15(17-10-13)19-7-3-4-8-19/h5-6,10,14,18H,3-4,7-9,11-12H2,1-2H3. The van der Waals surface area contributed by atoms with Crippen molar-refractivity contribution < 1.29 is 0 Å². The lowest BCUT2D eigenvalue weighted by atomic mass is 9.88. The van der Waals surface area contributed by atoms with E-state index in [0.717, 1.165) is 24.6 Å². The average Bonchev–Trinajstić information content (AvgIpc) is 2.92. The molecular weight excluding hydrogens is 266 g/mol. The van der Waals surface area contributed by atoms with E-state index >= 15 is 0 Å². The number of nitrogens with one attached hydrogen (secondary N) is 1. The number of thioether (sulfide) groups is 1. The Morgan fingerprint density at radius 2 is 2.10 bits per heavy atom. The summed E-state index contributed by atoms with van der Waals surface area (Å²) in [5, 5.41) is 3.65. The molecule has 110 valence electrons. The fourth-order valence-corrected chi connectivity index (χ4v) is 4.47. The van der Waals surface area contributed by atoms with Gasteiger partial charge < -0.3 is 10.2 Å². The number of hydrogen-bond donors (Lipinski definition) is 1. The van der Waals surface area contributed by atoms with Crippen LogP contribution in [0.15, 0.2) is 18.3 Å². The van der Waals surface area contributed by atoms with Crippen molar-refractivity contribution in [1.29, 1.82) is 0 Å². The van der Waals surface area contributed by atoms with Gasteiger partial charge >= 0.3 is 0 Å². The van der Waals surface area contributed by atoms with Gasteiger partial charge in [-0.15, -0.1) is 0 Å². The molecule has 2 fully saturated rings. The van der Waals surface area contributed by atoms with E-state index in [4.69, 9.17) is 0 Å². The van der Waals surface area contributed by atoms with Gasteiger partial charge in [-0.3, -0.25) is 0 Å². The molecule has 0 spiro atoms. The lowest BCUT2D eigenvalue weighted by Gasteiger charge is -2.35. The Labute approximate surface area is 126 Å². The maximum absolute atomic E-state index is 4.62. The van der Waals surface area contributed by atoms with Gasteiger partial charge in [0.2, 0.25) is 0 Å². The maximum atomic E-state index is 4.62. The van der Waals surface area contributed by atoms with Crippen molar-refractivity contribution in [2.24, 2.45) is 5.41 Å². The molecule has 0 aliphatic carbocycles. The van der Waals surface area contributed by atoms with E-state index in [1.807, 2.05) is 6.20 Å². The molecule has 1 aromatic heterocycles. The fraction of sp³-hybridized carbons (Fsp3) is 0.688. The van der Waals surface area contributed by atoms with Crippen LogP contribution in [0.5, 0.6) is 0 Å². The molecule has 0 aromatic carbocycles. The molecule has 3 heterocycles. The normalized spacial score (nSPS) is 25.7. The summed E-state index contributed by atoms with van der Waals surface area (Å²) < 4.78 is 0. The highest BCUT2D eigenvalue weighted by Crippen LogP contribution is 2.34. The monoisotopic (exact) mass is 291 g/mol. The molecule has 20 heavy (non-hydrogen) atoms. The topological polar surface area (TPSA) is 28.2 Å². The molecule has 0 bridgehead atoms. The van der Waals surface area contributed by atoms with Gasteiger partial charge in [0.1, 0.15) is 5.82 Å². The molecule has 0 amide bonds. The summed E-state index contributed by atoms with van der Waals surface area (Å²) in [6.45, 7) is 7.05. The zero-order chi connectivity index (χ0) is 14.0. The second-order valence-electron chi connectivity index (χ2n) is 6.82. The summed E-state index contributed by atoms with van der Waals surface area (Å²) in [5.74, 6) is 3.61. The summed E-state index contributed by atoms with van der Waals surface area (Å²) in [5.41, 5.74) is 1.61. The van der Waals surface area contributed by atoms with Crippen LogP contribution in [0.3, 0.4) is 0 Å². The molecule has 3 nitrogen and oxygen atoms in total. The third-order valence-electron chi connectivity index (χ3n) is 4.16. The van der Waals surface area contributed by atoms with Crippen molar-refractivity contribution in [3.63, 3.8) is 0 Å². The molecule has 0 saturated carbocycles. The van der Waals surface area contributed by atoms with E-state index in [9.17, 15) is 0 Å². The Bertz CT molecular complexity index is 438. The van der Waals surface area contributed by atoms with Crippen molar-refractivity contribution in [3.8, 4) is 0 Å². The highest BCUT2D eigenvalue weighted by atomic mass is 32.2. The summed E-state index contributed by atoms with van der Waals surface area (Å²) >= 11 is 2.06. The van der Waals surface area contributed by atoms with Gasteiger partial charge in [0.15, 0.2) is 0 Å². The minimum Gasteiger partial charge on any atom is -0.380 e. The zero-order valence-corrected chi connectivity index (χ0v) is 13.4. The van der Waals surface area contributed by atoms with Gasteiger partial charge in [-0.25, -0.2) is 4.98 Å². The lowest BCUT2D eigenvalue weighted by molar-refractivity contribution is 0.358. The number of rotatable bonds is 3. The van der Waals surface area contributed by atoms with Crippen LogP contribution >= 0.6 is 11.8 Å². The summed E-state index contributed by atoms with van der Waals surface area (Å²) in [6.07, 6.45) is 5.85. The van der Waals surface area contributed by atoms with E-state index in [1.54, 1.807) is 0 Å². The first-order valence-electron chi connectivity index (χ1n) is 7.68. The van der Waals surface area contributed by atoms with Crippen LogP contribution in [0.25, 0.3) is 0 Å². The lowest BCUT2D eigenvalue weighted by Crippen LogP contribution is -2.35. The summed E-state index contributed by atoms with van der Waals surface area (Å²) in [6, 6.07) is 4.92. The van der Waals surface area contributed by atoms with Crippen molar-refractivity contribution in [3.05, 3.63) is 18.3 Å². The Morgan fingerprint density at radius 1 is 1.30 bits per heavy atom. The van der Waals surface area contributed by atoms with E-state index in [-0.39, 0.29) is 0 Å². The number of anilines is 2. The Kier molecular flexibility index (Phi) is 4.11. The zero-order valence-electron chi connectivity index (χ0n) is 12.6. The van der Waals surface area contributed by atoms with Gasteiger partial charge in [-0.1, -0.05) is 13.8 Å². The molecule has 0 radical (unpaired) electrons. The molecule has 2 aliphatic heterocycles. The van der Waals surface area contributed by atoms with E-state index in [1.165, 1.54) is 30.8 Å². The fourth-order valence-electron chi connectivity index (χ4n) is 3.20. The van der Waals surface area contributed by atoms with Crippen LogP contribution < -0.4 is 10.2 Å². The highest BCUT2D eigenvalue weighted by molar-refractivity contribution is 7.99. The van der Waals surface area contributed by atoms with Gasteiger partial charge in [0.05, 0.1) is 11.9 Å². The molecule has 2 saturated heterocycles. The van der Waals surface area contributed by atoms with E-state index in [2.05, 4.69) is 52.9 Å². The Morgan fingerprint density at radius 3 is 2.75 bits per heavy atom. The minimum atomic E-state index is 0.448. The molecule has 1 unspecified atom stereocenters. The van der Waals surface area contributed by atoms with Gasteiger partial charge in [0.25, 0.3) is 0 Å². The predicted molar refractivity (Wildman–Crippen MR) is 88.8 cm³/mol. The number of pyridine rings is 1. The number of hydrogen-bond acceptors (Lipinski definition) is 4. The third-order valence-corrected chi connectivity index (χ3v) is 5.78. The highest BCUT2D eigenvalue weighted by Gasteiger charge is 2.28. The van der Waals surface area contributed by atoms with Crippen LogP contribution in [0, 0.1) is 5.41 Å². The molecule has 4 heteroatoms. The maximum Gasteiger partial charge on any atom is 0.128 e. The van der Waals surface area contributed by atoms with Gasteiger partial charge in [-0.2, -0.15) is 11.8 Å². The first-order valence-corrected chi connectivity index (χ1v) is 8.83. The second kappa shape index (κ2) is 5.84. The predicted octanol–water partition coefficient (Wildman–Crippen LogP) is 3.63. The van der Waals surface area contributed by atoms with Gasteiger partial charge in [0, 0.05) is 24.9 Å². The molecule has 1 atom stereocenters. The van der Waals surface area contributed by atoms with Crippen LogP contribution in [-0.4, -0.2) is 35.6 Å². The number of aromatic nitrogens is 1. The van der Waals surface area contributed by atoms with Crippen molar-refractivity contribution in [1.82, 2.24) is 4.98 Å². The van der Waals surface area contributed by atoms with E-state index < -0.39 is 0 Å². The van der Waals surface area contributed by atoms with Crippen LogP contribution in [0.1, 0.15) is 33.1 Å². The summed E-state index contributed by atoms with van der Waals surface area (Å²) in [4.78, 5) is 7.00. The molecule has 3 rings (SSSR count). The second-order valence-corrected chi connectivity index (χ2v) is 7.85. The first-order chi connectivity index (χ1) is 9.62. The molecule has 2 aliphatic rings. The molecule has 1 aromatic rings. The molecular formula is C16H25N3S. The van der Waals surface area contributed by atoms with Crippen LogP contribution in [0.2, 0.25) is 0 Å². The SMILES string of the molecule is CC1(C)CSCC(Nc2ccc(N3CCCC3)nc2)C1. The van der Waals surface area contributed by atoms with Gasteiger partial charge in [-0.05, 0) is 42.6 Å². The number of nitrogens with zero attached hydrogens (tertiary/aromatic N) is 2. The van der Waals surface area contributed by atoms with Crippen molar-refractivity contribution in [2.75, 3.05) is 34.8 Å². The Balaban J connectivity index is 1.60. The van der Waals surface area contributed by atoms with Crippen molar-refractivity contribution in [2.45, 2.75) is 39.2 Å². The third kappa shape index (κ3) is 3.40. The quantitative estimate of drug-likeness (QED) is 0.920. The molecule has 1 N–H and O–H groups in total. The first kappa shape index (κ1) is 14.1.